The molecule has 0 saturated carbocycles. The van der Waals surface area contributed by atoms with Gasteiger partial charge in [-0.3, -0.25) is 9.59 Å². The Balaban J connectivity index is 1.95. The molecule has 23 heavy (non-hydrogen) atoms. The second-order valence-electron chi connectivity index (χ2n) is 6.01. The molecular formula is C18H26N2O3. The monoisotopic (exact) mass is 318 g/mol. The number of hydrogen-bond donors (Lipinski definition) is 1. The van der Waals surface area contributed by atoms with E-state index in [2.05, 4.69) is 5.32 Å². The molecule has 5 nitrogen and oxygen atoms in total. The van der Waals surface area contributed by atoms with Crippen molar-refractivity contribution in [1.82, 2.24) is 10.2 Å². The van der Waals surface area contributed by atoms with E-state index in [-0.39, 0.29) is 11.8 Å². The van der Waals surface area contributed by atoms with E-state index in [1.165, 1.54) is 0 Å². The lowest BCUT2D eigenvalue weighted by Gasteiger charge is -2.33. The quantitative estimate of drug-likeness (QED) is 0.876. The van der Waals surface area contributed by atoms with Gasteiger partial charge in [-0.05, 0) is 37.3 Å². The Bertz CT molecular complexity index is 545. The number of para-hydroxylation sites is 1. The molecular weight excluding hydrogens is 292 g/mol. The number of benzene rings is 1. The molecule has 1 N–H and O–H groups in total. The Kier molecular flexibility index (Phi) is 6.44. The predicted octanol–water partition coefficient (Wildman–Crippen LogP) is 2.46. The van der Waals surface area contributed by atoms with Gasteiger partial charge in [0.15, 0.2) is 0 Å². The maximum Gasteiger partial charge on any atom is 0.257 e. The molecule has 0 aromatic heterocycles. The molecule has 0 aliphatic carbocycles. The summed E-state index contributed by atoms with van der Waals surface area (Å²) in [7, 11) is 1.58. The van der Waals surface area contributed by atoms with Gasteiger partial charge >= 0.3 is 0 Å². The summed E-state index contributed by atoms with van der Waals surface area (Å²) >= 11 is 0. The van der Waals surface area contributed by atoms with Gasteiger partial charge in [-0.1, -0.05) is 19.1 Å². The number of piperidine rings is 1. The molecule has 126 valence electrons. The molecule has 5 heteroatoms. The first-order valence-corrected chi connectivity index (χ1v) is 8.34. The SMILES string of the molecule is CCCC(=O)NC[C@H]1CCCN(C(=O)c2ccccc2OC)C1. The van der Waals surface area contributed by atoms with Gasteiger partial charge in [0.2, 0.25) is 5.91 Å². The Labute approximate surface area is 138 Å². The lowest BCUT2D eigenvalue weighted by atomic mass is 9.97. The highest BCUT2D eigenvalue weighted by molar-refractivity contribution is 5.97. The molecule has 2 amide bonds. The third-order valence-electron chi connectivity index (χ3n) is 4.21. The van der Waals surface area contributed by atoms with Crippen LogP contribution in [0, 0.1) is 5.92 Å². The van der Waals surface area contributed by atoms with Gasteiger partial charge in [0.05, 0.1) is 12.7 Å². The fourth-order valence-corrected chi connectivity index (χ4v) is 2.98. The normalized spacial score (nSPS) is 17.7. The van der Waals surface area contributed by atoms with Gasteiger partial charge in [0, 0.05) is 26.1 Å². The number of hydrogen-bond acceptors (Lipinski definition) is 3. The summed E-state index contributed by atoms with van der Waals surface area (Å²) in [5.74, 6) is 1.03. The number of nitrogens with zero attached hydrogens (tertiary/aromatic N) is 1. The predicted molar refractivity (Wildman–Crippen MR) is 89.5 cm³/mol. The van der Waals surface area contributed by atoms with Gasteiger partial charge in [-0.2, -0.15) is 0 Å². The summed E-state index contributed by atoms with van der Waals surface area (Å²) in [5, 5.41) is 2.97. The number of rotatable bonds is 6. The smallest absolute Gasteiger partial charge is 0.257 e. The zero-order valence-corrected chi connectivity index (χ0v) is 14.0. The second kappa shape index (κ2) is 8.56. The van der Waals surface area contributed by atoms with E-state index < -0.39 is 0 Å². The molecule has 0 spiro atoms. The van der Waals surface area contributed by atoms with Crippen molar-refractivity contribution in [2.75, 3.05) is 26.7 Å². The highest BCUT2D eigenvalue weighted by Gasteiger charge is 2.26. The third kappa shape index (κ3) is 4.71. The highest BCUT2D eigenvalue weighted by atomic mass is 16.5. The van der Waals surface area contributed by atoms with Crippen LogP contribution >= 0.6 is 0 Å². The van der Waals surface area contributed by atoms with Crippen molar-refractivity contribution in [1.29, 1.82) is 0 Å². The van der Waals surface area contributed by atoms with Crippen LogP contribution in [0.25, 0.3) is 0 Å². The Morgan fingerprint density at radius 3 is 2.87 bits per heavy atom. The van der Waals surface area contributed by atoms with Crippen LogP contribution < -0.4 is 10.1 Å². The van der Waals surface area contributed by atoms with Crippen molar-refractivity contribution >= 4 is 11.8 Å². The number of amides is 2. The van der Waals surface area contributed by atoms with Crippen molar-refractivity contribution in [2.45, 2.75) is 32.6 Å². The summed E-state index contributed by atoms with van der Waals surface area (Å²) < 4.78 is 5.29. The zero-order chi connectivity index (χ0) is 16.7. The topological polar surface area (TPSA) is 58.6 Å². The van der Waals surface area contributed by atoms with Crippen LogP contribution in [-0.4, -0.2) is 43.5 Å². The number of carbonyl (C=O) groups excluding carboxylic acids is 2. The molecule has 1 aromatic rings. The molecule has 2 rings (SSSR count). The lowest BCUT2D eigenvalue weighted by Crippen LogP contribution is -2.43. The van der Waals surface area contributed by atoms with Crippen LogP contribution in [0.5, 0.6) is 5.75 Å². The molecule has 1 aliphatic heterocycles. The van der Waals surface area contributed by atoms with Gasteiger partial charge in [-0.15, -0.1) is 0 Å². The van der Waals surface area contributed by atoms with E-state index in [4.69, 9.17) is 4.74 Å². The van der Waals surface area contributed by atoms with E-state index in [1.54, 1.807) is 19.2 Å². The first-order chi connectivity index (χ1) is 11.2. The number of ether oxygens (including phenoxy) is 1. The van der Waals surface area contributed by atoms with Crippen LogP contribution in [-0.2, 0) is 4.79 Å². The Morgan fingerprint density at radius 2 is 2.13 bits per heavy atom. The van der Waals surface area contributed by atoms with E-state index in [0.29, 0.717) is 36.7 Å². The number of methoxy groups -OCH3 is 1. The van der Waals surface area contributed by atoms with Crippen LogP contribution in [0.4, 0.5) is 0 Å². The van der Waals surface area contributed by atoms with Crippen LogP contribution in [0.1, 0.15) is 43.0 Å². The second-order valence-corrected chi connectivity index (χ2v) is 6.01. The fourth-order valence-electron chi connectivity index (χ4n) is 2.98. The molecule has 1 heterocycles. The lowest BCUT2D eigenvalue weighted by molar-refractivity contribution is -0.121. The Hall–Kier alpha value is -2.04. The van der Waals surface area contributed by atoms with Gasteiger partial charge in [-0.25, -0.2) is 0 Å². The number of nitrogens with one attached hydrogen (secondary N) is 1. The first-order valence-electron chi connectivity index (χ1n) is 8.34. The van der Waals surface area contributed by atoms with Crippen molar-refractivity contribution < 1.29 is 14.3 Å². The molecule has 1 aromatic carbocycles. The minimum Gasteiger partial charge on any atom is -0.496 e. The van der Waals surface area contributed by atoms with Gasteiger partial charge in [0.1, 0.15) is 5.75 Å². The van der Waals surface area contributed by atoms with E-state index in [0.717, 1.165) is 25.8 Å². The molecule has 0 radical (unpaired) electrons. The minimum absolute atomic E-state index is 0.00651. The molecule has 1 fully saturated rings. The van der Waals surface area contributed by atoms with Crippen LogP contribution in [0.3, 0.4) is 0 Å². The number of likely N-dealkylation sites (tertiary alicyclic amines) is 1. The maximum atomic E-state index is 12.7. The molecule has 0 unspecified atom stereocenters. The van der Waals surface area contributed by atoms with Crippen LogP contribution in [0.15, 0.2) is 24.3 Å². The highest BCUT2D eigenvalue weighted by Crippen LogP contribution is 2.23. The van der Waals surface area contributed by atoms with Crippen LogP contribution in [0.2, 0.25) is 0 Å². The average molecular weight is 318 g/mol. The molecule has 1 atom stereocenters. The number of carbonyl (C=O) groups is 2. The molecule has 1 saturated heterocycles. The zero-order valence-electron chi connectivity index (χ0n) is 14.0. The standard InChI is InChI=1S/C18H26N2O3/c1-3-7-17(21)19-12-14-8-6-11-20(13-14)18(22)15-9-4-5-10-16(15)23-2/h4-5,9-10,14H,3,6-8,11-13H2,1-2H3,(H,19,21)/t14-/m1/s1. The molecule has 0 bridgehead atoms. The van der Waals surface area contributed by atoms with Crippen molar-refractivity contribution in [2.24, 2.45) is 5.92 Å². The van der Waals surface area contributed by atoms with E-state index in [9.17, 15) is 9.59 Å². The van der Waals surface area contributed by atoms with Gasteiger partial charge < -0.3 is 15.0 Å². The summed E-state index contributed by atoms with van der Waals surface area (Å²) in [5.41, 5.74) is 0.602. The fraction of sp³-hybridized carbons (Fsp3) is 0.556. The summed E-state index contributed by atoms with van der Waals surface area (Å²) in [6.07, 6.45) is 3.43. The maximum absolute atomic E-state index is 12.7. The summed E-state index contributed by atoms with van der Waals surface area (Å²) in [4.78, 5) is 26.2. The van der Waals surface area contributed by atoms with Crippen molar-refractivity contribution in [3.63, 3.8) is 0 Å². The summed E-state index contributed by atoms with van der Waals surface area (Å²) in [6.45, 7) is 4.09. The van der Waals surface area contributed by atoms with E-state index >= 15 is 0 Å². The van der Waals surface area contributed by atoms with Crippen molar-refractivity contribution in [3.05, 3.63) is 29.8 Å². The summed E-state index contributed by atoms with van der Waals surface area (Å²) in [6, 6.07) is 7.31. The van der Waals surface area contributed by atoms with Crippen molar-refractivity contribution in [3.8, 4) is 5.75 Å². The molecule has 1 aliphatic rings. The van der Waals surface area contributed by atoms with Gasteiger partial charge in [0.25, 0.3) is 5.91 Å². The van der Waals surface area contributed by atoms with E-state index in [1.807, 2.05) is 24.0 Å². The first kappa shape index (κ1) is 17.3. The minimum atomic E-state index is 0.00651. The largest absolute Gasteiger partial charge is 0.496 e. The average Bonchev–Trinajstić information content (AvgIpc) is 2.60. The third-order valence-corrected chi connectivity index (χ3v) is 4.21. The Morgan fingerprint density at radius 1 is 1.35 bits per heavy atom.